The lowest BCUT2D eigenvalue weighted by Crippen LogP contribution is -2.45. The quantitative estimate of drug-likeness (QED) is 0.402. The molecule has 0 aliphatic heterocycles. The Morgan fingerprint density at radius 1 is 1.12 bits per heavy atom. The number of carbonyl (C=O) groups excluding carboxylic acids is 1. The fraction of sp³-hybridized carbons (Fsp3) is 0.567. The molecule has 0 N–H and O–H groups in total. The van der Waals surface area contributed by atoms with Gasteiger partial charge in [-0.1, -0.05) is 44.5 Å². The average molecular weight is 465 g/mol. The van der Waals surface area contributed by atoms with Crippen LogP contribution in [-0.2, 0) is 22.6 Å². The summed E-state index contributed by atoms with van der Waals surface area (Å²) in [6, 6.07) is 13.3. The minimum absolute atomic E-state index is 0.00671. The van der Waals surface area contributed by atoms with Crippen LogP contribution in [-0.4, -0.2) is 12.1 Å². The van der Waals surface area contributed by atoms with E-state index < -0.39 is 0 Å². The Balaban J connectivity index is 1.27. The first-order valence-electron chi connectivity index (χ1n) is 13.2. The predicted molar refractivity (Wildman–Crippen MR) is 131 cm³/mol. The highest BCUT2D eigenvalue weighted by atomic mass is 19.1. The topological polar surface area (TPSA) is 35.5 Å². The van der Waals surface area contributed by atoms with Gasteiger partial charge in [0.2, 0.25) is 0 Å². The number of esters is 1. The van der Waals surface area contributed by atoms with Gasteiger partial charge in [0, 0.05) is 17.4 Å². The van der Waals surface area contributed by atoms with E-state index >= 15 is 0 Å². The Morgan fingerprint density at radius 3 is 2.79 bits per heavy atom. The van der Waals surface area contributed by atoms with Gasteiger partial charge in [0.15, 0.2) is 0 Å². The van der Waals surface area contributed by atoms with Gasteiger partial charge in [-0.25, -0.2) is 4.39 Å². The van der Waals surface area contributed by atoms with Crippen LogP contribution in [0.4, 0.5) is 4.39 Å². The number of hydrogen-bond donors (Lipinski definition) is 0. The van der Waals surface area contributed by atoms with Crippen molar-refractivity contribution < 1.29 is 18.7 Å². The molecule has 4 heteroatoms. The van der Waals surface area contributed by atoms with E-state index in [9.17, 15) is 9.18 Å². The molecule has 2 saturated carbocycles. The van der Waals surface area contributed by atoms with Gasteiger partial charge in [-0.15, -0.1) is 0 Å². The Bertz CT molecular complexity index is 1030. The van der Waals surface area contributed by atoms with Gasteiger partial charge in [0.1, 0.15) is 24.3 Å². The van der Waals surface area contributed by atoms with Crippen molar-refractivity contribution in [1.82, 2.24) is 0 Å². The van der Waals surface area contributed by atoms with Crippen LogP contribution < -0.4 is 4.74 Å². The van der Waals surface area contributed by atoms with Gasteiger partial charge >= 0.3 is 5.97 Å². The summed E-state index contributed by atoms with van der Waals surface area (Å²) in [7, 11) is 0. The van der Waals surface area contributed by atoms with Crippen LogP contribution in [0.2, 0.25) is 0 Å². The molecule has 0 saturated heterocycles. The van der Waals surface area contributed by atoms with Gasteiger partial charge in [-0.05, 0) is 92.0 Å². The number of unbranched alkanes of at least 4 members (excludes halogenated alkanes) is 1. The Kier molecular flexibility index (Phi) is 6.68. The second-order valence-corrected chi connectivity index (χ2v) is 10.9. The molecule has 5 atom stereocenters. The van der Waals surface area contributed by atoms with Gasteiger partial charge < -0.3 is 9.47 Å². The summed E-state index contributed by atoms with van der Waals surface area (Å²) in [6.07, 6.45) is 9.27. The summed E-state index contributed by atoms with van der Waals surface area (Å²) in [5.41, 5.74) is 3.55. The number of benzene rings is 2. The summed E-state index contributed by atoms with van der Waals surface area (Å²) in [4.78, 5) is 12.4. The number of carbonyl (C=O) groups is 1. The van der Waals surface area contributed by atoms with Crippen LogP contribution in [0.5, 0.6) is 5.75 Å². The smallest absolute Gasteiger partial charge is 0.306 e. The van der Waals surface area contributed by atoms with E-state index in [1.165, 1.54) is 30.0 Å². The molecular formula is C30H37FO3. The van der Waals surface area contributed by atoms with Gasteiger partial charge in [-0.3, -0.25) is 4.79 Å². The zero-order valence-electron chi connectivity index (χ0n) is 20.5. The lowest BCUT2D eigenvalue weighted by atomic mass is 9.55. The maximum atomic E-state index is 13.9. The molecule has 0 aromatic heterocycles. The maximum Gasteiger partial charge on any atom is 0.306 e. The third-order valence-corrected chi connectivity index (χ3v) is 8.97. The summed E-state index contributed by atoms with van der Waals surface area (Å²) >= 11 is 0. The third kappa shape index (κ3) is 4.36. The number of halogens is 1. The highest BCUT2D eigenvalue weighted by molar-refractivity contribution is 5.69. The molecule has 5 rings (SSSR count). The van der Waals surface area contributed by atoms with Crippen molar-refractivity contribution in [3.63, 3.8) is 0 Å². The number of hydrogen-bond acceptors (Lipinski definition) is 3. The number of fused-ring (bicyclic) bond motifs is 5. The highest BCUT2D eigenvalue weighted by Gasteiger charge is 2.56. The van der Waals surface area contributed by atoms with E-state index in [2.05, 4.69) is 32.0 Å². The monoisotopic (exact) mass is 464 g/mol. The molecule has 0 bridgehead atoms. The van der Waals surface area contributed by atoms with E-state index in [0.29, 0.717) is 29.7 Å². The molecule has 3 nitrogen and oxygen atoms in total. The van der Waals surface area contributed by atoms with E-state index in [1.807, 2.05) is 6.07 Å². The van der Waals surface area contributed by atoms with Crippen molar-refractivity contribution in [3.8, 4) is 5.75 Å². The van der Waals surface area contributed by atoms with Crippen molar-refractivity contribution in [3.05, 3.63) is 65.0 Å². The molecule has 0 radical (unpaired) electrons. The van der Waals surface area contributed by atoms with Crippen LogP contribution in [0.1, 0.15) is 87.8 Å². The molecule has 34 heavy (non-hydrogen) atoms. The molecule has 0 heterocycles. The average Bonchev–Trinajstić information content (AvgIpc) is 3.17. The Labute approximate surface area is 203 Å². The second kappa shape index (κ2) is 9.71. The molecule has 0 spiro atoms. The SMILES string of the molecule is CCCCC(=O)O[C@@H]1CC[C@@H]2[C@@H]3CCc4cc(OCc5ccccc5F)ccc4[C@@H]3CC[C@@]21C. The van der Waals surface area contributed by atoms with Crippen molar-refractivity contribution in [2.45, 2.75) is 90.3 Å². The van der Waals surface area contributed by atoms with Crippen molar-refractivity contribution >= 4 is 5.97 Å². The molecule has 2 fully saturated rings. The number of aryl methyl sites for hydroxylation is 1. The summed E-state index contributed by atoms with van der Waals surface area (Å²) in [5.74, 6) is 2.46. The van der Waals surface area contributed by atoms with E-state index in [4.69, 9.17) is 9.47 Å². The van der Waals surface area contributed by atoms with Crippen LogP contribution in [0.25, 0.3) is 0 Å². The van der Waals surface area contributed by atoms with Gasteiger partial charge in [-0.2, -0.15) is 0 Å². The highest BCUT2D eigenvalue weighted by Crippen LogP contribution is 2.61. The second-order valence-electron chi connectivity index (χ2n) is 10.9. The van der Waals surface area contributed by atoms with E-state index in [0.717, 1.165) is 44.3 Å². The van der Waals surface area contributed by atoms with Gasteiger partial charge in [0.05, 0.1) is 0 Å². The van der Waals surface area contributed by atoms with Gasteiger partial charge in [0.25, 0.3) is 0 Å². The van der Waals surface area contributed by atoms with Crippen LogP contribution in [0.3, 0.4) is 0 Å². The molecule has 0 amide bonds. The molecular weight excluding hydrogens is 427 g/mol. The number of ether oxygens (including phenoxy) is 2. The first-order chi connectivity index (χ1) is 16.5. The fourth-order valence-corrected chi connectivity index (χ4v) is 7.11. The summed E-state index contributed by atoms with van der Waals surface area (Å²) in [5, 5.41) is 0. The molecule has 182 valence electrons. The van der Waals surface area contributed by atoms with Crippen LogP contribution in [0.15, 0.2) is 42.5 Å². The standard InChI is InChI=1S/C30H37FO3/c1-3-4-9-29(32)34-28-15-14-26-25-12-10-20-18-22(33-19-21-7-5-6-8-27(21)31)11-13-23(20)24(25)16-17-30(26,28)2/h5-8,11,13,18,24-26,28H,3-4,9-10,12,14-17,19H2,1-2H3/t24-,25+,26+,28+,30-/m0/s1. The predicted octanol–water partition coefficient (Wildman–Crippen LogP) is 7.36. The van der Waals surface area contributed by atoms with Crippen molar-refractivity contribution in [2.75, 3.05) is 0 Å². The summed E-state index contributed by atoms with van der Waals surface area (Å²) in [6.45, 7) is 4.74. The molecule has 3 aliphatic rings. The first kappa shape index (κ1) is 23.4. The van der Waals surface area contributed by atoms with E-state index in [-0.39, 0.29) is 29.9 Å². The Morgan fingerprint density at radius 2 is 1.97 bits per heavy atom. The molecule has 2 aromatic carbocycles. The largest absolute Gasteiger partial charge is 0.489 e. The first-order valence-corrected chi connectivity index (χ1v) is 13.2. The third-order valence-electron chi connectivity index (χ3n) is 8.97. The maximum absolute atomic E-state index is 13.9. The van der Waals surface area contributed by atoms with Crippen LogP contribution >= 0.6 is 0 Å². The number of rotatable bonds is 7. The minimum Gasteiger partial charge on any atom is -0.489 e. The molecule has 2 aromatic rings. The van der Waals surface area contributed by atoms with Crippen LogP contribution in [0, 0.1) is 23.1 Å². The lowest BCUT2D eigenvalue weighted by molar-refractivity contribution is -0.157. The lowest BCUT2D eigenvalue weighted by Gasteiger charge is -2.50. The zero-order valence-corrected chi connectivity index (χ0v) is 20.5. The minimum atomic E-state index is -0.223. The summed E-state index contributed by atoms with van der Waals surface area (Å²) < 4.78 is 25.9. The Hall–Kier alpha value is -2.36. The fourth-order valence-electron chi connectivity index (χ4n) is 7.11. The zero-order chi connectivity index (χ0) is 23.7. The van der Waals surface area contributed by atoms with Crippen molar-refractivity contribution in [1.29, 1.82) is 0 Å². The van der Waals surface area contributed by atoms with E-state index in [1.54, 1.807) is 12.1 Å². The normalized spacial score (nSPS) is 29.6. The molecule has 3 aliphatic carbocycles. The molecule has 0 unspecified atom stereocenters. The van der Waals surface area contributed by atoms with Crippen molar-refractivity contribution in [2.24, 2.45) is 17.3 Å².